The summed E-state index contributed by atoms with van der Waals surface area (Å²) in [6, 6.07) is 3.77. The first-order chi connectivity index (χ1) is 7.40. The Bertz CT molecular complexity index is 413. The number of nitrogens with zero attached hydrogens (tertiary/aromatic N) is 2. The van der Waals surface area contributed by atoms with Crippen molar-refractivity contribution < 1.29 is 4.74 Å². The van der Waals surface area contributed by atoms with Gasteiger partial charge in [-0.3, -0.25) is 0 Å². The van der Waals surface area contributed by atoms with Gasteiger partial charge in [0.25, 0.3) is 0 Å². The Hall–Kier alpha value is -2.04. The maximum atomic E-state index is 5.11. The molecule has 0 aliphatic carbocycles. The molecule has 5 heteroatoms. The lowest BCUT2D eigenvalue weighted by molar-refractivity contribution is 0.399. The van der Waals surface area contributed by atoms with Crippen molar-refractivity contribution in [2.75, 3.05) is 12.4 Å². The van der Waals surface area contributed by atoms with E-state index < -0.39 is 0 Å². The van der Waals surface area contributed by atoms with Crippen molar-refractivity contribution in [1.29, 1.82) is 0 Å². The van der Waals surface area contributed by atoms with Crippen LogP contribution >= 0.6 is 0 Å². The lowest BCUT2D eigenvalue weighted by atomic mass is 10.4. The Labute approximate surface area is 87.5 Å². The van der Waals surface area contributed by atoms with Crippen LogP contribution in [-0.2, 0) is 6.54 Å². The van der Waals surface area contributed by atoms with Gasteiger partial charge in [0.15, 0.2) is 0 Å². The fourth-order valence-electron chi connectivity index (χ4n) is 1.26. The highest BCUT2D eigenvalue weighted by atomic mass is 16.5. The number of hydrogen-bond donors (Lipinski definition) is 2. The number of hydrogen-bond acceptors (Lipinski definition) is 4. The number of nitrogens with one attached hydrogen (secondary N) is 2. The van der Waals surface area contributed by atoms with Crippen LogP contribution in [0.1, 0.15) is 5.82 Å². The molecule has 2 aromatic rings. The van der Waals surface area contributed by atoms with E-state index in [0.29, 0.717) is 12.4 Å². The number of anilines is 1. The lowest BCUT2D eigenvalue weighted by Crippen LogP contribution is -2.03. The summed E-state index contributed by atoms with van der Waals surface area (Å²) in [5, 5.41) is 3.19. The topological polar surface area (TPSA) is 62.8 Å². The summed E-state index contributed by atoms with van der Waals surface area (Å²) in [5.41, 5.74) is 0.858. The van der Waals surface area contributed by atoms with Gasteiger partial charge >= 0.3 is 0 Å². The van der Waals surface area contributed by atoms with Gasteiger partial charge in [0.05, 0.1) is 19.3 Å². The van der Waals surface area contributed by atoms with E-state index in [1.807, 2.05) is 12.1 Å². The van der Waals surface area contributed by atoms with Gasteiger partial charge in [-0.15, -0.1) is 0 Å². The third-order valence-electron chi connectivity index (χ3n) is 1.97. The molecule has 5 nitrogen and oxygen atoms in total. The van der Waals surface area contributed by atoms with Gasteiger partial charge in [-0.25, -0.2) is 9.97 Å². The Morgan fingerprint density at radius 1 is 1.40 bits per heavy atom. The van der Waals surface area contributed by atoms with Gasteiger partial charge in [-0.05, 0) is 12.1 Å². The molecule has 2 heterocycles. The monoisotopic (exact) mass is 204 g/mol. The first-order valence-electron chi connectivity index (χ1n) is 4.61. The fraction of sp³-hybridized carbons (Fsp3) is 0.200. The predicted molar refractivity (Wildman–Crippen MR) is 56.7 cm³/mol. The Balaban J connectivity index is 2.04. The number of H-pyrrole nitrogens is 1. The molecule has 0 saturated carbocycles. The average molecular weight is 204 g/mol. The van der Waals surface area contributed by atoms with Gasteiger partial charge in [-0.2, -0.15) is 0 Å². The van der Waals surface area contributed by atoms with E-state index in [0.717, 1.165) is 11.5 Å². The maximum absolute atomic E-state index is 5.11. The van der Waals surface area contributed by atoms with Crippen molar-refractivity contribution in [1.82, 2.24) is 15.0 Å². The van der Waals surface area contributed by atoms with E-state index >= 15 is 0 Å². The van der Waals surface area contributed by atoms with Crippen LogP contribution in [0.15, 0.2) is 30.7 Å². The molecular weight excluding hydrogens is 192 g/mol. The molecule has 0 bridgehead atoms. The summed E-state index contributed by atoms with van der Waals surface area (Å²) in [6.07, 6.45) is 5.20. The molecule has 0 aromatic carbocycles. The van der Waals surface area contributed by atoms with Crippen LogP contribution in [0.4, 0.5) is 5.69 Å². The quantitative estimate of drug-likeness (QED) is 0.790. The molecule has 0 aliphatic rings. The largest absolute Gasteiger partial charge is 0.480 e. The van der Waals surface area contributed by atoms with Gasteiger partial charge in [0, 0.05) is 18.6 Å². The van der Waals surface area contributed by atoms with E-state index in [-0.39, 0.29) is 0 Å². The Kier molecular flexibility index (Phi) is 2.82. The predicted octanol–water partition coefficient (Wildman–Crippen LogP) is 1.43. The highest BCUT2D eigenvalue weighted by molar-refractivity contribution is 5.51. The second-order valence-corrected chi connectivity index (χ2v) is 2.95. The minimum atomic E-state index is 0.587. The van der Waals surface area contributed by atoms with Gasteiger partial charge < -0.3 is 15.0 Å². The molecule has 15 heavy (non-hydrogen) atoms. The zero-order valence-corrected chi connectivity index (χ0v) is 8.40. The van der Waals surface area contributed by atoms with E-state index in [2.05, 4.69) is 20.3 Å². The zero-order chi connectivity index (χ0) is 10.5. The first kappa shape index (κ1) is 9.51. The molecule has 0 spiro atoms. The van der Waals surface area contributed by atoms with Crippen LogP contribution in [0.2, 0.25) is 0 Å². The molecule has 78 valence electrons. The van der Waals surface area contributed by atoms with E-state index in [4.69, 9.17) is 4.74 Å². The Morgan fingerprint density at radius 2 is 2.33 bits per heavy atom. The van der Waals surface area contributed by atoms with E-state index in [1.54, 1.807) is 25.7 Å². The van der Waals surface area contributed by atoms with Crippen molar-refractivity contribution in [2.24, 2.45) is 0 Å². The Morgan fingerprint density at radius 3 is 3.07 bits per heavy atom. The van der Waals surface area contributed by atoms with Crippen molar-refractivity contribution in [2.45, 2.75) is 6.54 Å². The summed E-state index contributed by atoms with van der Waals surface area (Å²) < 4.78 is 5.11. The van der Waals surface area contributed by atoms with Gasteiger partial charge in [0.1, 0.15) is 5.82 Å². The zero-order valence-electron chi connectivity index (χ0n) is 8.40. The fourth-order valence-corrected chi connectivity index (χ4v) is 1.26. The molecule has 0 amide bonds. The number of rotatable bonds is 4. The number of ether oxygens (including phenoxy) is 1. The molecule has 0 radical (unpaired) electrons. The van der Waals surface area contributed by atoms with Crippen molar-refractivity contribution in [3.63, 3.8) is 0 Å². The standard InChI is InChI=1S/C10H12N4O/c1-15-10-8(3-2-4-13-10)14-7-9-11-5-6-12-9/h2-6,14H,7H2,1H3,(H,11,12). The summed E-state index contributed by atoms with van der Waals surface area (Å²) in [7, 11) is 1.60. The molecule has 0 atom stereocenters. The third-order valence-corrected chi connectivity index (χ3v) is 1.97. The number of imidazole rings is 1. The maximum Gasteiger partial charge on any atom is 0.237 e. The highest BCUT2D eigenvalue weighted by Crippen LogP contribution is 2.19. The normalized spacial score (nSPS) is 9.93. The van der Waals surface area contributed by atoms with Crippen LogP contribution < -0.4 is 10.1 Å². The molecule has 0 saturated heterocycles. The SMILES string of the molecule is COc1ncccc1NCc1ncc[nH]1. The molecule has 2 rings (SSSR count). The number of methoxy groups -OCH3 is 1. The van der Waals surface area contributed by atoms with Gasteiger partial charge in [0.2, 0.25) is 5.88 Å². The summed E-state index contributed by atoms with van der Waals surface area (Å²) in [4.78, 5) is 11.2. The van der Waals surface area contributed by atoms with Crippen molar-refractivity contribution in [3.05, 3.63) is 36.5 Å². The molecule has 0 unspecified atom stereocenters. The average Bonchev–Trinajstić information content (AvgIpc) is 2.79. The number of aromatic nitrogens is 3. The summed E-state index contributed by atoms with van der Waals surface area (Å²) in [6.45, 7) is 0.620. The second kappa shape index (κ2) is 4.45. The number of pyridine rings is 1. The lowest BCUT2D eigenvalue weighted by Gasteiger charge is -2.07. The molecule has 2 aromatic heterocycles. The van der Waals surface area contributed by atoms with Crippen LogP contribution in [0.25, 0.3) is 0 Å². The van der Waals surface area contributed by atoms with E-state index in [1.165, 1.54) is 0 Å². The minimum Gasteiger partial charge on any atom is -0.480 e. The second-order valence-electron chi connectivity index (χ2n) is 2.95. The molecule has 2 N–H and O–H groups in total. The molecule has 0 aliphatic heterocycles. The van der Waals surface area contributed by atoms with Crippen molar-refractivity contribution >= 4 is 5.69 Å². The molecule has 0 fully saturated rings. The van der Waals surface area contributed by atoms with Crippen LogP contribution in [0.5, 0.6) is 5.88 Å². The van der Waals surface area contributed by atoms with E-state index in [9.17, 15) is 0 Å². The smallest absolute Gasteiger partial charge is 0.237 e. The first-order valence-corrected chi connectivity index (χ1v) is 4.61. The van der Waals surface area contributed by atoms with Crippen molar-refractivity contribution in [3.8, 4) is 5.88 Å². The summed E-state index contributed by atoms with van der Waals surface area (Å²) >= 11 is 0. The third kappa shape index (κ3) is 2.25. The summed E-state index contributed by atoms with van der Waals surface area (Å²) in [5.74, 6) is 1.46. The van der Waals surface area contributed by atoms with Crippen LogP contribution in [-0.4, -0.2) is 22.1 Å². The van der Waals surface area contributed by atoms with Crippen LogP contribution in [0, 0.1) is 0 Å². The number of aromatic amines is 1. The van der Waals surface area contributed by atoms with Crippen LogP contribution in [0.3, 0.4) is 0 Å². The van der Waals surface area contributed by atoms with Gasteiger partial charge in [-0.1, -0.05) is 0 Å². The molecular formula is C10H12N4O. The highest BCUT2D eigenvalue weighted by Gasteiger charge is 2.02. The minimum absolute atomic E-state index is 0.587.